The van der Waals surface area contributed by atoms with E-state index in [-0.39, 0.29) is 200 Å². The number of hydrogen-bond acceptors (Lipinski definition) is 29. The Morgan fingerprint density at radius 2 is 1.37 bits per heavy atom. The maximum absolute atomic E-state index is 12.5. The normalized spacial score (nSPS) is 11.7. The summed E-state index contributed by atoms with van der Waals surface area (Å²) < 4.78 is 79.2. The number of aliphatic imine (C=N–C) groups is 1. The Morgan fingerprint density at radius 3 is 1.98 bits per heavy atom. The third-order valence-electron chi connectivity index (χ3n) is 6.91. The first-order valence-electron chi connectivity index (χ1n) is 16.6. The number of anilines is 7. The molecule has 0 fully saturated rings. The quantitative estimate of drug-likeness (QED) is 0.00423. The number of rotatable bonds is 26. The molecule has 0 amide bonds. The molecule has 2 heterocycles. The Bertz CT molecular complexity index is 2420. The fourth-order valence-electron chi connectivity index (χ4n) is 4.36. The van der Waals surface area contributed by atoms with Crippen molar-refractivity contribution >= 4 is 110 Å². The van der Waals surface area contributed by atoms with E-state index in [9.17, 15) is 46.7 Å². The van der Waals surface area contributed by atoms with Crippen molar-refractivity contribution < 1.29 is 189 Å². The van der Waals surface area contributed by atoms with E-state index in [1.807, 2.05) is 0 Å². The molecule has 0 radical (unpaired) electrons. The predicted molar refractivity (Wildman–Crippen MR) is 211 cm³/mol. The van der Waals surface area contributed by atoms with Gasteiger partial charge in [-0.2, -0.15) is 38.6 Å². The summed E-state index contributed by atoms with van der Waals surface area (Å²) >= 11 is 1.08. The van der Waals surface area contributed by atoms with Gasteiger partial charge >= 0.3 is 118 Å². The number of aliphatic hydroxyl groups excluding tert-OH is 3. The molecule has 27 nitrogen and oxygen atoms in total. The zero-order valence-corrected chi connectivity index (χ0v) is 46.0. The van der Waals surface area contributed by atoms with Gasteiger partial charge in [0.1, 0.15) is 10.1 Å². The van der Waals surface area contributed by atoms with Crippen LogP contribution >= 0.6 is 24.1 Å². The van der Waals surface area contributed by atoms with Crippen LogP contribution in [0.5, 0.6) is 0 Å². The fraction of sp³-hybridized carbons (Fsp3) is 0.233. The molecule has 4 rings (SSSR count). The number of hydrogen-bond donors (Lipinski definition) is 8. The van der Waals surface area contributed by atoms with Gasteiger partial charge in [-0.15, -0.1) is 0 Å². The SMILES string of the molecule is C=C(CO)Nc1nc(/N=C\CSOO[O-])nc(Nc2ccc(C=Cc3ccc(Nc4nc(NCCS(=O)(=O)[O-])nc(NCC(O)CO)n4)cc3SOO[O-])c(S(=O)(=O)[O-])c2)n1.[Na+].[Na+].[Na+].[Na+]. The summed E-state index contributed by atoms with van der Waals surface area (Å²) in [6.45, 7) is 2.01. The fourth-order valence-corrected chi connectivity index (χ4v) is 6.14. The van der Waals surface area contributed by atoms with E-state index in [0.29, 0.717) is 29.6 Å². The van der Waals surface area contributed by atoms with Crippen molar-refractivity contribution in [1.29, 1.82) is 0 Å². The molecule has 0 aliphatic heterocycles. The van der Waals surface area contributed by atoms with Crippen LogP contribution < -0.4 is 155 Å². The van der Waals surface area contributed by atoms with Crippen molar-refractivity contribution in [1.82, 2.24) is 29.9 Å². The molecule has 8 N–H and O–H groups in total. The van der Waals surface area contributed by atoms with E-state index in [0.717, 1.165) is 6.07 Å². The zero-order valence-electron chi connectivity index (χ0n) is 34.7. The summed E-state index contributed by atoms with van der Waals surface area (Å²) in [4.78, 5) is 28.2. The Labute approximate surface area is 467 Å². The van der Waals surface area contributed by atoms with Crippen LogP contribution in [-0.4, -0.2) is 121 Å². The Balaban J connectivity index is 0.0000102. The van der Waals surface area contributed by atoms with Gasteiger partial charge in [0.2, 0.25) is 29.7 Å². The second kappa shape index (κ2) is 32.6. The van der Waals surface area contributed by atoms with Crippen molar-refractivity contribution in [3.05, 3.63) is 59.8 Å². The third-order valence-corrected chi connectivity index (χ3v) is 9.60. The van der Waals surface area contributed by atoms with Gasteiger partial charge in [0.25, 0.3) is 5.95 Å². The van der Waals surface area contributed by atoms with Crippen LogP contribution in [0, 0.1) is 0 Å². The molecular weight excluding hydrogens is 989 g/mol. The van der Waals surface area contributed by atoms with E-state index in [2.05, 4.69) is 86.8 Å². The van der Waals surface area contributed by atoms with Gasteiger partial charge in [-0.05, 0) is 35.4 Å². The molecule has 35 heteroatoms. The van der Waals surface area contributed by atoms with Gasteiger partial charge in [-0.1, -0.05) is 30.9 Å². The number of aromatic nitrogens is 6. The molecule has 1 atom stereocenters. The summed E-state index contributed by atoms with van der Waals surface area (Å²) in [5, 5.41) is 69.2. The second-order valence-corrected chi connectivity index (χ2v) is 15.7. The summed E-state index contributed by atoms with van der Waals surface area (Å²) in [6, 6.07) is 8.16. The molecular formula is C30H32N12Na4O15S4. The van der Waals surface area contributed by atoms with Crippen LogP contribution in [0.15, 0.2) is 63.5 Å². The van der Waals surface area contributed by atoms with Crippen molar-refractivity contribution in [3.8, 4) is 0 Å². The molecule has 1 unspecified atom stereocenters. The van der Waals surface area contributed by atoms with Gasteiger partial charge in [-0.25, -0.2) is 21.8 Å². The van der Waals surface area contributed by atoms with E-state index < -0.39 is 50.2 Å². The average Bonchev–Trinajstić information content (AvgIpc) is 3.20. The molecule has 4 aromatic rings. The minimum atomic E-state index is -5.12. The molecule has 0 bridgehead atoms. The van der Waals surface area contributed by atoms with Gasteiger partial charge in [0.05, 0.1) is 57.9 Å². The number of nitrogens with one attached hydrogen (secondary N) is 5. The first kappa shape index (κ1) is 63.8. The Morgan fingerprint density at radius 1 is 0.800 bits per heavy atom. The first-order valence-corrected chi connectivity index (χ1v) is 21.2. The zero-order chi connectivity index (χ0) is 44.4. The summed E-state index contributed by atoms with van der Waals surface area (Å²) in [5.41, 5.74) is 0.666. The van der Waals surface area contributed by atoms with E-state index in [4.69, 9.17) is 5.11 Å². The van der Waals surface area contributed by atoms with Gasteiger partial charge in [0.15, 0.2) is 0 Å². The molecule has 0 saturated heterocycles. The Kier molecular flexibility index (Phi) is 31.9. The van der Waals surface area contributed by atoms with Crippen LogP contribution in [0.1, 0.15) is 11.1 Å². The van der Waals surface area contributed by atoms with Crippen LogP contribution in [0.2, 0.25) is 0 Å². The summed E-state index contributed by atoms with van der Waals surface area (Å²) in [5.74, 6) is -1.64. The van der Waals surface area contributed by atoms with E-state index in [1.165, 1.54) is 48.7 Å². The molecule has 0 aliphatic carbocycles. The molecule has 0 spiro atoms. The van der Waals surface area contributed by atoms with Crippen molar-refractivity contribution in [3.63, 3.8) is 0 Å². The number of aliphatic hydroxyl groups is 3. The van der Waals surface area contributed by atoms with E-state index in [1.54, 1.807) is 0 Å². The molecule has 0 aliphatic rings. The average molecular weight is 1020 g/mol. The van der Waals surface area contributed by atoms with Crippen LogP contribution in [0.3, 0.4) is 0 Å². The van der Waals surface area contributed by atoms with Gasteiger partial charge < -0.3 is 61.5 Å². The van der Waals surface area contributed by atoms with Crippen LogP contribution in [0.25, 0.3) is 12.2 Å². The number of benzene rings is 2. The molecule has 330 valence electrons. The predicted octanol–water partition coefficient (Wildman–Crippen LogP) is -12.9. The van der Waals surface area contributed by atoms with Gasteiger partial charge in [0, 0.05) is 53.3 Å². The smallest absolute Gasteiger partial charge is 0.748 e. The van der Waals surface area contributed by atoms with Crippen LogP contribution in [0.4, 0.5) is 47.1 Å². The third kappa shape index (κ3) is 23.8. The van der Waals surface area contributed by atoms with Crippen molar-refractivity contribution in [2.45, 2.75) is 15.9 Å². The maximum atomic E-state index is 12.5. The molecule has 0 saturated carbocycles. The second-order valence-electron chi connectivity index (χ2n) is 11.4. The maximum Gasteiger partial charge on any atom is 1.00 e. The van der Waals surface area contributed by atoms with Gasteiger partial charge in [-0.3, -0.25) is 10.1 Å². The molecule has 2 aromatic carbocycles. The molecule has 65 heavy (non-hydrogen) atoms. The largest absolute Gasteiger partial charge is 1.00 e. The minimum Gasteiger partial charge on any atom is -0.748 e. The topological polar surface area (TPSA) is 408 Å². The van der Waals surface area contributed by atoms with Crippen molar-refractivity contribution in [2.75, 3.05) is 64.4 Å². The van der Waals surface area contributed by atoms with Crippen LogP contribution in [-0.2, 0) is 39.0 Å². The molecule has 2 aromatic heterocycles. The standard InChI is InChI=1S/C30H36N12O15S4.4Na/c1-17(15-43)34-28-38-25(31-8-10-58-56-54-46)39-30(42-28)36-21-7-5-19(24(13-21)61(51,52)53)3-2-18-4-6-20(12-23(18)59-57-55-47)35-29-40-26(32-9-11-60(48,49)50)37-27(41-29)33-14-22(45)16-44;;;;/h2-8,12-13,22,43-47H,1,9-11,14-16H2,(H,48,49,50)(H,51,52,53)(H2,34,36,38,39,42)(H3,32,33,35,37,40,41);;;;/q;4*+1/p-4/b3-2?,31-8-;;;;. The minimum absolute atomic E-state index is 0. The first-order chi connectivity index (χ1) is 29.1. The Hall–Kier alpha value is -1.23. The van der Waals surface area contributed by atoms with E-state index >= 15 is 0 Å². The number of nitrogens with zero attached hydrogens (tertiary/aromatic N) is 7. The summed E-state index contributed by atoms with van der Waals surface area (Å²) in [6.07, 6.45) is 2.78. The monoisotopic (exact) mass is 1020 g/mol. The van der Waals surface area contributed by atoms with Crippen molar-refractivity contribution in [2.24, 2.45) is 4.99 Å². The summed E-state index contributed by atoms with van der Waals surface area (Å²) in [7, 11) is -9.69.